The lowest BCUT2D eigenvalue weighted by Crippen LogP contribution is -2.37. The fourth-order valence-corrected chi connectivity index (χ4v) is 4.15. The zero-order chi connectivity index (χ0) is 12.5. The summed E-state index contributed by atoms with van der Waals surface area (Å²) in [5, 5.41) is 0. The summed E-state index contributed by atoms with van der Waals surface area (Å²) in [7, 11) is 0. The maximum absolute atomic E-state index is 6.63. The molecule has 2 aliphatic carbocycles. The van der Waals surface area contributed by atoms with Crippen LogP contribution in [0.1, 0.15) is 56.1 Å². The molecule has 2 aliphatic rings. The molecule has 4 unspecified atom stereocenters. The predicted octanol–water partition coefficient (Wildman–Crippen LogP) is 3.87. The highest BCUT2D eigenvalue weighted by atomic mass is 14.7. The van der Waals surface area contributed by atoms with Gasteiger partial charge >= 0.3 is 0 Å². The molecule has 1 heteroatoms. The zero-order valence-electron chi connectivity index (χ0n) is 11.4. The monoisotopic (exact) mass is 243 g/mol. The molecule has 98 valence electrons. The number of hydrogen-bond donors (Lipinski definition) is 1. The van der Waals surface area contributed by atoms with E-state index in [1.54, 1.807) is 11.1 Å². The fourth-order valence-electron chi connectivity index (χ4n) is 4.15. The number of rotatable bonds is 2. The van der Waals surface area contributed by atoms with E-state index in [0.717, 1.165) is 11.8 Å². The summed E-state index contributed by atoms with van der Waals surface area (Å²) >= 11 is 0. The van der Waals surface area contributed by atoms with Crippen LogP contribution in [0.5, 0.6) is 0 Å². The minimum atomic E-state index is 0.386. The summed E-state index contributed by atoms with van der Waals surface area (Å²) in [4.78, 5) is 0. The summed E-state index contributed by atoms with van der Waals surface area (Å²) in [6.45, 7) is 2.39. The molecule has 0 amide bonds. The number of benzene rings is 1. The van der Waals surface area contributed by atoms with Crippen molar-refractivity contribution in [2.45, 2.75) is 57.4 Å². The highest BCUT2D eigenvalue weighted by molar-refractivity contribution is 5.36. The second-order valence-corrected chi connectivity index (χ2v) is 6.45. The summed E-state index contributed by atoms with van der Waals surface area (Å²) in [5.41, 5.74) is 9.72. The van der Waals surface area contributed by atoms with E-state index in [9.17, 15) is 0 Å². The topological polar surface area (TPSA) is 26.0 Å². The first-order valence-electron chi connectivity index (χ1n) is 7.59. The first-order valence-corrected chi connectivity index (χ1v) is 7.59. The molecule has 0 bridgehead atoms. The van der Waals surface area contributed by atoms with Gasteiger partial charge in [0.15, 0.2) is 0 Å². The van der Waals surface area contributed by atoms with Gasteiger partial charge in [-0.2, -0.15) is 0 Å². The quantitative estimate of drug-likeness (QED) is 0.838. The third-order valence-corrected chi connectivity index (χ3v) is 5.17. The van der Waals surface area contributed by atoms with Gasteiger partial charge in [0, 0.05) is 6.04 Å². The van der Waals surface area contributed by atoms with Crippen molar-refractivity contribution >= 4 is 0 Å². The van der Waals surface area contributed by atoms with E-state index in [2.05, 4.69) is 31.2 Å². The van der Waals surface area contributed by atoms with Gasteiger partial charge < -0.3 is 5.73 Å². The molecule has 1 aromatic rings. The molecule has 3 rings (SSSR count). The van der Waals surface area contributed by atoms with Crippen LogP contribution in [-0.4, -0.2) is 6.04 Å². The molecule has 0 saturated heterocycles. The Morgan fingerprint density at radius 2 is 2.00 bits per heavy atom. The molecule has 4 atom stereocenters. The minimum Gasteiger partial charge on any atom is -0.327 e. The summed E-state index contributed by atoms with van der Waals surface area (Å²) in [5.74, 6) is 2.26. The van der Waals surface area contributed by atoms with Gasteiger partial charge in [0.25, 0.3) is 0 Å². The number of fused-ring (bicyclic) bond motifs is 1. The predicted molar refractivity (Wildman–Crippen MR) is 76.6 cm³/mol. The van der Waals surface area contributed by atoms with E-state index >= 15 is 0 Å². The molecule has 0 aromatic heterocycles. The van der Waals surface area contributed by atoms with Crippen molar-refractivity contribution in [1.29, 1.82) is 0 Å². The summed E-state index contributed by atoms with van der Waals surface area (Å²) in [6, 6.07) is 9.31. The van der Waals surface area contributed by atoms with E-state index in [1.807, 2.05) is 0 Å². The van der Waals surface area contributed by atoms with Gasteiger partial charge in [0.2, 0.25) is 0 Å². The summed E-state index contributed by atoms with van der Waals surface area (Å²) in [6.07, 6.45) is 7.99. The maximum atomic E-state index is 6.63. The Bertz CT molecular complexity index is 412. The van der Waals surface area contributed by atoms with Crippen molar-refractivity contribution in [1.82, 2.24) is 0 Å². The second kappa shape index (κ2) is 5.05. The SMILES string of the molecule is CC1CCCC(C(N)C2CCc3ccccc32)C1. The van der Waals surface area contributed by atoms with Gasteiger partial charge in [-0.15, -0.1) is 0 Å². The van der Waals surface area contributed by atoms with Crippen LogP contribution in [0.25, 0.3) is 0 Å². The van der Waals surface area contributed by atoms with Gasteiger partial charge in [-0.05, 0) is 54.6 Å². The molecule has 1 aromatic carbocycles. The van der Waals surface area contributed by atoms with Gasteiger partial charge in [0.1, 0.15) is 0 Å². The lowest BCUT2D eigenvalue weighted by molar-refractivity contribution is 0.228. The van der Waals surface area contributed by atoms with E-state index in [0.29, 0.717) is 12.0 Å². The second-order valence-electron chi connectivity index (χ2n) is 6.45. The van der Waals surface area contributed by atoms with Crippen molar-refractivity contribution in [3.05, 3.63) is 35.4 Å². The molecule has 0 aliphatic heterocycles. The molecular formula is C17H25N. The summed E-state index contributed by atoms with van der Waals surface area (Å²) < 4.78 is 0. The first kappa shape index (κ1) is 12.2. The van der Waals surface area contributed by atoms with Crippen molar-refractivity contribution in [2.24, 2.45) is 17.6 Å². The normalized spacial score (nSPS) is 33.1. The van der Waals surface area contributed by atoms with Crippen LogP contribution >= 0.6 is 0 Å². The van der Waals surface area contributed by atoms with Crippen molar-refractivity contribution in [3.63, 3.8) is 0 Å². The van der Waals surface area contributed by atoms with Gasteiger partial charge in [0.05, 0.1) is 0 Å². The van der Waals surface area contributed by atoms with Crippen LogP contribution < -0.4 is 5.73 Å². The van der Waals surface area contributed by atoms with Crippen LogP contribution in [0.2, 0.25) is 0 Å². The van der Waals surface area contributed by atoms with Crippen LogP contribution in [0, 0.1) is 11.8 Å². The van der Waals surface area contributed by atoms with Gasteiger partial charge in [-0.3, -0.25) is 0 Å². The van der Waals surface area contributed by atoms with Gasteiger partial charge in [-0.25, -0.2) is 0 Å². The average molecular weight is 243 g/mol. The standard InChI is InChI=1S/C17H25N/c1-12-5-4-7-14(11-12)17(18)16-10-9-13-6-2-3-8-15(13)16/h2-3,6,8,12,14,16-17H,4-5,7,9-11,18H2,1H3. The molecule has 1 fully saturated rings. The average Bonchev–Trinajstić information content (AvgIpc) is 2.82. The number of nitrogens with two attached hydrogens (primary N) is 1. The van der Waals surface area contributed by atoms with Crippen LogP contribution in [0.4, 0.5) is 0 Å². The number of hydrogen-bond acceptors (Lipinski definition) is 1. The Morgan fingerprint density at radius 1 is 1.17 bits per heavy atom. The van der Waals surface area contributed by atoms with Crippen molar-refractivity contribution in [3.8, 4) is 0 Å². The molecule has 18 heavy (non-hydrogen) atoms. The Labute approximate surface area is 111 Å². The van der Waals surface area contributed by atoms with E-state index in [4.69, 9.17) is 5.73 Å². The van der Waals surface area contributed by atoms with Crippen LogP contribution in [-0.2, 0) is 6.42 Å². The minimum absolute atomic E-state index is 0.386. The molecule has 2 N–H and O–H groups in total. The molecule has 0 radical (unpaired) electrons. The molecule has 0 heterocycles. The highest BCUT2D eigenvalue weighted by Crippen LogP contribution is 2.41. The Kier molecular flexibility index (Phi) is 3.43. The van der Waals surface area contributed by atoms with Crippen molar-refractivity contribution in [2.75, 3.05) is 0 Å². The molecule has 0 spiro atoms. The highest BCUT2D eigenvalue weighted by Gasteiger charge is 2.33. The third-order valence-electron chi connectivity index (χ3n) is 5.17. The fraction of sp³-hybridized carbons (Fsp3) is 0.647. The first-order chi connectivity index (χ1) is 8.75. The lowest BCUT2D eigenvalue weighted by atomic mass is 9.74. The van der Waals surface area contributed by atoms with Gasteiger partial charge in [-0.1, -0.05) is 44.0 Å². The molecular weight excluding hydrogens is 218 g/mol. The van der Waals surface area contributed by atoms with Crippen LogP contribution in [0.15, 0.2) is 24.3 Å². The largest absolute Gasteiger partial charge is 0.327 e. The number of aryl methyl sites for hydroxylation is 1. The van der Waals surface area contributed by atoms with Crippen LogP contribution in [0.3, 0.4) is 0 Å². The van der Waals surface area contributed by atoms with E-state index in [1.165, 1.54) is 38.5 Å². The Hall–Kier alpha value is -0.820. The lowest BCUT2D eigenvalue weighted by Gasteiger charge is -2.34. The molecule has 1 nitrogen and oxygen atoms in total. The smallest absolute Gasteiger partial charge is 0.0137 e. The Morgan fingerprint density at radius 3 is 2.83 bits per heavy atom. The third kappa shape index (κ3) is 2.21. The molecule has 1 saturated carbocycles. The van der Waals surface area contributed by atoms with Crippen molar-refractivity contribution < 1.29 is 0 Å². The zero-order valence-corrected chi connectivity index (χ0v) is 11.4. The van der Waals surface area contributed by atoms with E-state index in [-0.39, 0.29) is 0 Å². The Balaban J connectivity index is 1.75. The van der Waals surface area contributed by atoms with E-state index < -0.39 is 0 Å². The maximum Gasteiger partial charge on any atom is 0.0137 e.